The molecule has 0 saturated carbocycles. The topological polar surface area (TPSA) is 24.5 Å². The van der Waals surface area contributed by atoms with E-state index >= 15 is 0 Å². The van der Waals surface area contributed by atoms with Crippen LogP contribution in [0, 0.1) is 5.92 Å². The molecule has 0 radical (unpaired) electrons. The molecule has 2 heterocycles. The van der Waals surface area contributed by atoms with Crippen LogP contribution < -0.4 is 10.1 Å². The van der Waals surface area contributed by atoms with Crippen molar-refractivity contribution in [2.75, 3.05) is 32.8 Å². The van der Waals surface area contributed by atoms with E-state index in [0.717, 1.165) is 35.7 Å². The van der Waals surface area contributed by atoms with Gasteiger partial charge in [-0.15, -0.1) is 0 Å². The minimum Gasteiger partial charge on any atom is -0.493 e. The zero-order valence-corrected chi connectivity index (χ0v) is 14.4. The Labute approximate surface area is 136 Å². The van der Waals surface area contributed by atoms with Gasteiger partial charge < -0.3 is 15.0 Å². The lowest BCUT2D eigenvalue weighted by molar-refractivity contribution is 0.182. The number of benzene rings is 1. The van der Waals surface area contributed by atoms with Crippen LogP contribution in [-0.4, -0.2) is 37.7 Å². The van der Waals surface area contributed by atoms with E-state index in [4.69, 9.17) is 4.74 Å². The van der Waals surface area contributed by atoms with Gasteiger partial charge in [0.15, 0.2) is 0 Å². The zero-order valence-electron chi connectivity index (χ0n) is 12.8. The Morgan fingerprint density at radius 1 is 1.29 bits per heavy atom. The second-order valence-corrected chi connectivity index (χ2v) is 7.07. The highest BCUT2D eigenvalue weighted by Crippen LogP contribution is 2.34. The van der Waals surface area contributed by atoms with Gasteiger partial charge >= 0.3 is 0 Å². The monoisotopic (exact) mass is 352 g/mol. The van der Waals surface area contributed by atoms with E-state index in [0.29, 0.717) is 6.04 Å². The Balaban J connectivity index is 1.56. The lowest BCUT2D eigenvalue weighted by atomic mass is 9.95. The van der Waals surface area contributed by atoms with Gasteiger partial charge in [0, 0.05) is 22.5 Å². The van der Waals surface area contributed by atoms with Crippen LogP contribution in [0.5, 0.6) is 5.75 Å². The second kappa shape index (κ2) is 7.12. The molecule has 21 heavy (non-hydrogen) atoms. The molecule has 3 nitrogen and oxygen atoms in total. The molecule has 0 amide bonds. The Bertz CT molecular complexity index is 472. The molecule has 1 unspecified atom stereocenters. The molecule has 1 atom stereocenters. The number of nitrogens with zero attached hydrogens (tertiary/aromatic N) is 1. The van der Waals surface area contributed by atoms with Crippen LogP contribution in [0.25, 0.3) is 0 Å². The van der Waals surface area contributed by atoms with Crippen molar-refractivity contribution in [3.8, 4) is 5.75 Å². The number of nitrogens with one attached hydrogen (secondary N) is 1. The van der Waals surface area contributed by atoms with Crippen LogP contribution in [0.1, 0.15) is 37.8 Å². The number of rotatable bonds is 4. The number of hydrogen-bond acceptors (Lipinski definition) is 3. The van der Waals surface area contributed by atoms with Crippen molar-refractivity contribution in [2.24, 2.45) is 5.92 Å². The Morgan fingerprint density at radius 3 is 2.86 bits per heavy atom. The lowest BCUT2D eigenvalue weighted by Crippen LogP contribution is -2.38. The van der Waals surface area contributed by atoms with Crippen LogP contribution >= 0.6 is 15.9 Å². The van der Waals surface area contributed by atoms with Gasteiger partial charge in [0.05, 0.1) is 6.61 Å². The summed E-state index contributed by atoms with van der Waals surface area (Å²) in [6.07, 6.45) is 3.72. The summed E-state index contributed by atoms with van der Waals surface area (Å²) in [5.74, 6) is 1.87. The molecule has 116 valence electrons. The molecule has 0 spiro atoms. The van der Waals surface area contributed by atoms with E-state index in [2.05, 4.69) is 51.3 Å². The molecule has 1 fully saturated rings. The van der Waals surface area contributed by atoms with Gasteiger partial charge in [-0.05, 0) is 63.1 Å². The maximum absolute atomic E-state index is 5.76. The predicted molar refractivity (Wildman–Crippen MR) is 89.8 cm³/mol. The molecule has 2 aliphatic rings. The van der Waals surface area contributed by atoms with Crippen molar-refractivity contribution in [1.29, 1.82) is 0 Å². The lowest BCUT2D eigenvalue weighted by Gasteiger charge is -2.33. The van der Waals surface area contributed by atoms with E-state index in [1.807, 2.05) is 0 Å². The van der Waals surface area contributed by atoms with Gasteiger partial charge in [0.25, 0.3) is 0 Å². The number of fused-ring (bicyclic) bond motifs is 1. The molecule has 0 aromatic heterocycles. The molecule has 3 rings (SSSR count). The molecule has 1 saturated heterocycles. The SMILES string of the molecule is CCN1CCC(CNC2CCOc3ccc(Br)cc32)CC1. The third-order valence-corrected chi connectivity index (χ3v) is 5.31. The Kier molecular flexibility index (Phi) is 5.19. The average Bonchev–Trinajstić information content (AvgIpc) is 2.53. The molecular weight excluding hydrogens is 328 g/mol. The Hall–Kier alpha value is -0.580. The molecule has 1 aromatic rings. The summed E-state index contributed by atoms with van der Waals surface area (Å²) in [5.41, 5.74) is 1.31. The highest BCUT2D eigenvalue weighted by molar-refractivity contribution is 9.10. The summed E-state index contributed by atoms with van der Waals surface area (Å²) < 4.78 is 6.90. The van der Waals surface area contributed by atoms with Gasteiger partial charge in [-0.3, -0.25) is 0 Å². The first-order chi connectivity index (χ1) is 10.3. The average molecular weight is 353 g/mol. The van der Waals surface area contributed by atoms with Gasteiger partial charge in [-0.2, -0.15) is 0 Å². The van der Waals surface area contributed by atoms with Crippen molar-refractivity contribution in [2.45, 2.75) is 32.2 Å². The molecule has 4 heteroatoms. The predicted octanol–water partition coefficient (Wildman–Crippen LogP) is 3.59. The van der Waals surface area contributed by atoms with Crippen LogP contribution in [0.15, 0.2) is 22.7 Å². The van der Waals surface area contributed by atoms with E-state index in [-0.39, 0.29) is 0 Å². The number of ether oxygens (including phenoxy) is 1. The summed E-state index contributed by atoms with van der Waals surface area (Å²) in [4.78, 5) is 2.55. The third-order valence-electron chi connectivity index (χ3n) is 4.82. The normalized spacial score (nSPS) is 23.6. The summed E-state index contributed by atoms with van der Waals surface area (Å²) in [7, 11) is 0. The van der Waals surface area contributed by atoms with Crippen molar-refractivity contribution >= 4 is 15.9 Å². The highest BCUT2D eigenvalue weighted by atomic mass is 79.9. The minimum atomic E-state index is 0.440. The fourth-order valence-electron chi connectivity index (χ4n) is 3.39. The van der Waals surface area contributed by atoms with Crippen LogP contribution in [-0.2, 0) is 0 Å². The van der Waals surface area contributed by atoms with Crippen molar-refractivity contribution in [3.63, 3.8) is 0 Å². The van der Waals surface area contributed by atoms with E-state index in [9.17, 15) is 0 Å². The first kappa shape index (κ1) is 15.3. The fraction of sp³-hybridized carbons (Fsp3) is 0.647. The zero-order chi connectivity index (χ0) is 14.7. The maximum Gasteiger partial charge on any atom is 0.124 e. The minimum absolute atomic E-state index is 0.440. The maximum atomic E-state index is 5.76. The number of piperidine rings is 1. The highest BCUT2D eigenvalue weighted by Gasteiger charge is 2.24. The number of hydrogen-bond donors (Lipinski definition) is 1. The van der Waals surface area contributed by atoms with Gasteiger partial charge in [-0.1, -0.05) is 22.9 Å². The van der Waals surface area contributed by atoms with Gasteiger partial charge in [-0.25, -0.2) is 0 Å². The summed E-state index contributed by atoms with van der Waals surface area (Å²) in [6.45, 7) is 7.93. The van der Waals surface area contributed by atoms with E-state index in [1.54, 1.807) is 0 Å². The van der Waals surface area contributed by atoms with Crippen LogP contribution in [0.3, 0.4) is 0 Å². The van der Waals surface area contributed by atoms with Crippen molar-refractivity contribution in [3.05, 3.63) is 28.2 Å². The largest absolute Gasteiger partial charge is 0.493 e. The smallest absolute Gasteiger partial charge is 0.124 e. The standard InChI is InChI=1S/C17H25BrN2O/c1-2-20-8-5-13(6-9-20)12-19-16-7-10-21-17-4-3-14(18)11-15(16)17/h3-4,11,13,16,19H,2,5-10,12H2,1H3. The Morgan fingerprint density at radius 2 is 2.10 bits per heavy atom. The molecule has 1 aromatic carbocycles. The first-order valence-electron chi connectivity index (χ1n) is 8.14. The fourth-order valence-corrected chi connectivity index (χ4v) is 3.77. The number of halogens is 1. The quantitative estimate of drug-likeness (QED) is 0.895. The second-order valence-electron chi connectivity index (χ2n) is 6.16. The van der Waals surface area contributed by atoms with Crippen LogP contribution in [0.2, 0.25) is 0 Å². The summed E-state index contributed by atoms with van der Waals surface area (Å²) in [5, 5.41) is 3.79. The van der Waals surface area contributed by atoms with Crippen molar-refractivity contribution in [1.82, 2.24) is 10.2 Å². The first-order valence-corrected chi connectivity index (χ1v) is 8.93. The van der Waals surface area contributed by atoms with Crippen LogP contribution in [0.4, 0.5) is 0 Å². The van der Waals surface area contributed by atoms with Crippen molar-refractivity contribution < 1.29 is 4.74 Å². The molecule has 0 bridgehead atoms. The van der Waals surface area contributed by atoms with E-state index in [1.165, 1.54) is 38.0 Å². The molecular formula is C17H25BrN2O. The van der Waals surface area contributed by atoms with E-state index < -0.39 is 0 Å². The molecule has 2 aliphatic heterocycles. The summed E-state index contributed by atoms with van der Waals surface area (Å²) in [6, 6.07) is 6.77. The summed E-state index contributed by atoms with van der Waals surface area (Å²) >= 11 is 3.57. The van der Waals surface area contributed by atoms with Gasteiger partial charge in [0.1, 0.15) is 5.75 Å². The molecule has 0 aliphatic carbocycles. The number of likely N-dealkylation sites (tertiary alicyclic amines) is 1. The van der Waals surface area contributed by atoms with Gasteiger partial charge in [0.2, 0.25) is 0 Å². The molecule has 1 N–H and O–H groups in total. The third kappa shape index (κ3) is 3.79.